The monoisotopic (exact) mass is 332 g/mol. The van der Waals surface area contributed by atoms with Crippen molar-refractivity contribution in [1.82, 2.24) is 9.88 Å². The number of amides is 1. The molecule has 1 amide bonds. The van der Waals surface area contributed by atoms with E-state index in [2.05, 4.69) is 66.6 Å². The first-order valence-corrected chi connectivity index (χ1v) is 9.10. The number of carbonyl (C=O) groups excluding carboxylic acids is 1. The molecule has 3 aromatic rings. The van der Waals surface area contributed by atoms with Crippen molar-refractivity contribution in [3.8, 4) is 0 Å². The Morgan fingerprint density at radius 3 is 2.56 bits per heavy atom. The van der Waals surface area contributed by atoms with Gasteiger partial charge in [-0.15, -0.1) is 0 Å². The third-order valence-electron chi connectivity index (χ3n) is 5.38. The molecular formula is C22H24N2O. The molecule has 2 heterocycles. The van der Waals surface area contributed by atoms with Crippen LogP contribution in [0.1, 0.15) is 35.4 Å². The number of aryl methyl sites for hydroxylation is 1. The van der Waals surface area contributed by atoms with Gasteiger partial charge in [0.2, 0.25) is 5.91 Å². The number of para-hydroxylation sites is 1. The number of fused-ring (bicyclic) bond motifs is 1. The van der Waals surface area contributed by atoms with Gasteiger partial charge in [0.25, 0.3) is 0 Å². The van der Waals surface area contributed by atoms with Crippen LogP contribution in [0.5, 0.6) is 0 Å². The lowest BCUT2D eigenvalue weighted by Gasteiger charge is -2.32. The number of carbonyl (C=O) groups is 1. The predicted octanol–water partition coefficient (Wildman–Crippen LogP) is 4.43. The lowest BCUT2D eigenvalue weighted by molar-refractivity contribution is -0.131. The zero-order valence-electron chi connectivity index (χ0n) is 14.7. The Labute approximate surface area is 148 Å². The normalized spacial score (nSPS) is 15.6. The fraction of sp³-hybridized carbons (Fsp3) is 0.318. The highest BCUT2D eigenvalue weighted by Gasteiger charge is 2.25. The molecule has 0 radical (unpaired) electrons. The molecule has 0 bridgehead atoms. The minimum absolute atomic E-state index is 0.251. The molecule has 1 fully saturated rings. The summed E-state index contributed by atoms with van der Waals surface area (Å²) in [4.78, 5) is 18.0. The minimum Gasteiger partial charge on any atom is -0.361 e. The molecule has 128 valence electrons. The summed E-state index contributed by atoms with van der Waals surface area (Å²) in [5.41, 5.74) is 4.95. The van der Waals surface area contributed by atoms with Crippen molar-refractivity contribution in [3.63, 3.8) is 0 Å². The highest BCUT2D eigenvalue weighted by Crippen LogP contribution is 2.33. The molecule has 0 spiro atoms. The van der Waals surface area contributed by atoms with E-state index in [1.165, 1.54) is 22.0 Å². The molecule has 0 atom stereocenters. The van der Waals surface area contributed by atoms with E-state index in [4.69, 9.17) is 0 Å². The fourth-order valence-corrected chi connectivity index (χ4v) is 3.86. The lowest BCUT2D eigenvalue weighted by atomic mass is 9.89. The van der Waals surface area contributed by atoms with Crippen LogP contribution in [-0.4, -0.2) is 28.9 Å². The second-order valence-electron chi connectivity index (χ2n) is 7.11. The smallest absolute Gasteiger partial charge is 0.226 e. The number of nitrogens with one attached hydrogen (secondary N) is 1. The number of H-pyrrole nitrogens is 1. The Hall–Kier alpha value is -2.55. The van der Waals surface area contributed by atoms with E-state index in [9.17, 15) is 4.79 Å². The first-order valence-electron chi connectivity index (χ1n) is 9.10. The summed E-state index contributed by atoms with van der Waals surface area (Å²) in [7, 11) is 0. The second kappa shape index (κ2) is 6.75. The molecule has 3 heteroatoms. The summed E-state index contributed by atoms with van der Waals surface area (Å²) in [6.07, 6.45) is 4.75. The largest absolute Gasteiger partial charge is 0.361 e. The number of aromatic amines is 1. The molecule has 1 saturated heterocycles. The van der Waals surface area contributed by atoms with Crippen LogP contribution in [0, 0.1) is 6.92 Å². The molecule has 4 rings (SSSR count). The van der Waals surface area contributed by atoms with E-state index in [-0.39, 0.29) is 5.91 Å². The first-order chi connectivity index (χ1) is 12.2. The van der Waals surface area contributed by atoms with E-state index in [1.807, 2.05) is 4.90 Å². The SMILES string of the molecule is Cc1ccc(CC(=O)N2CCC(c3c[nH]c4ccccc34)CC2)cc1. The summed E-state index contributed by atoms with van der Waals surface area (Å²) in [6.45, 7) is 3.78. The highest BCUT2D eigenvalue weighted by molar-refractivity contribution is 5.83. The number of benzene rings is 2. The van der Waals surface area contributed by atoms with Gasteiger partial charge in [0.15, 0.2) is 0 Å². The number of hydrogen-bond donors (Lipinski definition) is 1. The summed E-state index contributed by atoms with van der Waals surface area (Å²) >= 11 is 0. The predicted molar refractivity (Wildman–Crippen MR) is 102 cm³/mol. The molecule has 0 aliphatic carbocycles. The van der Waals surface area contributed by atoms with Gasteiger partial charge in [0.1, 0.15) is 0 Å². The van der Waals surface area contributed by atoms with Crippen LogP contribution in [-0.2, 0) is 11.2 Å². The van der Waals surface area contributed by atoms with Gasteiger partial charge in [-0.05, 0) is 42.9 Å². The Morgan fingerprint density at radius 2 is 1.80 bits per heavy atom. The molecule has 1 N–H and O–H groups in total. The third-order valence-corrected chi connectivity index (χ3v) is 5.38. The van der Waals surface area contributed by atoms with Crippen molar-refractivity contribution in [2.75, 3.05) is 13.1 Å². The number of piperidine rings is 1. The Morgan fingerprint density at radius 1 is 1.08 bits per heavy atom. The second-order valence-corrected chi connectivity index (χ2v) is 7.11. The fourth-order valence-electron chi connectivity index (χ4n) is 3.86. The van der Waals surface area contributed by atoms with Crippen LogP contribution in [0.3, 0.4) is 0 Å². The lowest BCUT2D eigenvalue weighted by Crippen LogP contribution is -2.38. The third kappa shape index (κ3) is 3.32. The van der Waals surface area contributed by atoms with Crippen molar-refractivity contribution < 1.29 is 4.79 Å². The van der Waals surface area contributed by atoms with Crippen molar-refractivity contribution in [2.45, 2.75) is 32.1 Å². The maximum Gasteiger partial charge on any atom is 0.226 e. The van der Waals surface area contributed by atoms with Crippen molar-refractivity contribution >= 4 is 16.8 Å². The number of aromatic nitrogens is 1. The highest BCUT2D eigenvalue weighted by atomic mass is 16.2. The Bertz CT molecular complexity index is 870. The summed E-state index contributed by atoms with van der Waals surface area (Å²) in [5.74, 6) is 0.792. The number of rotatable bonds is 3. The van der Waals surface area contributed by atoms with Gasteiger partial charge in [-0.1, -0.05) is 48.0 Å². The molecule has 1 aliphatic rings. The van der Waals surface area contributed by atoms with Crippen LogP contribution < -0.4 is 0 Å². The van der Waals surface area contributed by atoms with E-state index in [0.29, 0.717) is 12.3 Å². The molecule has 1 aliphatic heterocycles. The van der Waals surface area contributed by atoms with Gasteiger partial charge in [-0.3, -0.25) is 4.79 Å². The average Bonchev–Trinajstić information content (AvgIpc) is 3.08. The maximum absolute atomic E-state index is 12.6. The first kappa shape index (κ1) is 15.9. The van der Waals surface area contributed by atoms with Gasteiger partial charge in [0.05, 0.1) is 6.42 Å². The molecule has 0 unspecified atom stereocenters. The molecule has 3 nitrogen and oxygen atoms in total. The van der Waals surface area contributed by atoms with E-state index in [1.54, 1.807) is 0 Å². The number of nitrogens with zero attached hydrogens (tertiary/aromatic N) is 1. The van der Waals surface area contributed by atoms with Gasteiger partial charge >= 0.3 is 0 Å². The topological polar surface area (TPSA) is 36.1 Å². The summed E-state index contributed by atoms with van der Waals surface area (Å²) in [5, 5.41) is 1.33. The van der Waals surface area contributed by atoms with Gasteiger partial charge in [-0.25, -0.2) is 0 Å². The van der Waals surface area contributed by atoms with Gasteiger partial charge in [0, 0.05) is 30.2 Å². The molecular weight excluding hydrogens is 308 g/mol. The van der Waals surface area contributed by atoms with Crippen molar-refractivity contribution in [3.05, 3.63) is 71.4 Å². The van der Waals surface area contributed by atoms with Crippen molar-refractivity contribution in [2.24, 2.45) is 0 Å². The summed E-state index contributed by atoms with van der Waals surface area (Å²) in [6, 6.07) is 16.7. The van der Waals surface area contributed by atoms with Crippen LogP contribution in [0.4, 0.5) is 0 Å². The standard InChI is InChI=1S/C22H24N2O/c1-16-6-8-17(9-7-16)14-22(25)24-12-10-18(11-13-24)20-15-23-21-5-3-2-4-19(20)21/h2-9,15,18,23H,10-14H2,1H3. The Kier molecular flexibility index (Phi) is 4.31. The van der Waals surface area contributed by atoms with Gasteiger partial charge < -0.3 is 9.88 Å². The van der Waals surface area contributed by atoms with E-state index in [0.717, 1.165) is 31.5 Å². The van der Waals surface area contributed by atoms with Crippen LogP contribution in [0.2, 0.25) is 0 Å². The molecule has 0 saturated carbocycles. The van der Waals surface area contributed by atoms with E-state index < -0.39 is 0 Å². The van der Waals surface area contributed by atoms with Crippen molar-refractivity contribution in [1.29, 1.82) is 0 Å². The molecule has 2 aromatic carbocycles. The zero-order chi connectivity index (χ0) is 17.2. The Balaban J connectivity index is 1.39. The van der Waals surface area contributed by atoms with Crippen LogP contribution in [0.25, 0.3) is 10.9 Å². The zero-order valence-corrected chi connectivity index (χ0v) is 14.7. The molecule has 1 aromatic heterocycles. The summed E-state index contributed by atoms with van der Waals surface area (Å²) < 4.78 is 0. The van der Waals surface area contributed by atoms with Crippen LogP contribution in [0.15, 0.2) is 54.7 Å². The van der Waals surface area contributed by atoms with Crippen LogP contribution >= 0.6 is 0 Å². The minimum atomic E-state index is 0.251. The number of likely N-dealkylation sites (tertiary alicyclic amines) is 1. The quantitative estimate of drug-likeness (QED) is 0.757. The average molecular weight is 332 g/mol. The van der Waals surface area contributed by atoms with Gasteiger partial charge in [-0.2, -0.15) is 0 Å². The maximum atomic E-state index is 12.6. The molecule has 25 heavy (non-hydrogen) atoms. The van der Waals surface area contributed by atoms with E-state index >= 15 is 0 Å². The number of hydrogen-bond acceptors (Lipinski definition) is 1.